The molecule has 3 aromatic heterocycles. The Morgan fingerprint density at radius 3 is 3.10 bits per heavy atom. The quantitative estimate of drug-likeness (QED) is 0.557. The highest BCUT2D eigenvalue weighted by Gasteiger charge is 2.24. The van der Waals surface area contributed by atoms with Crippen LogP contribution in [0.25, 0.3) is 0 Å². The Morgan fingerprint density at radius 2 is 2.23 bits per heavy atom. The van der Waals surface area contributed by atoms with Gasteiger partial charge in [0, 0.05) is 31.0 Å². The van der Waals surface area contributed by atoms with Gasteiger partial charge in [0.15, 0.2) is 0 Å². The molecule has 5 heterocycles. The Kier molecular flexibility index (Phi) is 4.77. The second kappa shape index (κ2) is 7.74. The van der Waals surface area contributed by atoms with E-state index in [-0.39, 0.29) is 6.54 Å². The van der Waals surface area contributed by atoms with Crippen molar-refractivity contribution >= 4 is 29.0 Å². The van der Waals surface area contributed by atoms with Crippen molar-refractivity contribution in [2.75, 3.05) is 35.2 Å². The first-order valence-electron chi connectivity index (χ1n) is 10.0. The number of aliphatic carboxylic acids is 1. The summed E-state index contributed by atoms with van der Waals surface area (Å²) in [6, 6.07) is 0. The van der Waals surface area contributed by atoms with Crippen LogP contribution in [0.3, 0.4) is 0 Å². The highest BCUT2D eigenvalue weighted by atomic mass is 16.5. The zero-order chi connectivity index (χ0) is 21.4. The minimum absolute atomic E-state index is 0.199. The monoisotopic (exact) mass is 422 g/mol. The number of rotatable bonds is 5. The van der Waals surface area contributed by atoms with Gasteiger partial charge in [0.25, 0.3) is 0 Å². The molecule has 0 saturated heterocycles. The molecule has 0 aromatic carbocycles. The number of nitrogens with one attached hydrogen (secondary N) is 2. The average Bonchev–Trinajstić information content (AvgIpc) is 3.19. The second-order valence-electron chi connectivity index (χ2n) is 7.51. The minimum atomic E-state index is -0.950. The second-order valence-corrected chi connectivity index (χ2v) is 7.51. The van der Waals surface area contributed by atoms with E-state index in [2.05, 4.69) is 37.5 Å². The normalized spacial score (nSPS) is 14.8. The van der Waals surface area contributed by atoms with E-state index in [9.17, 15) is 4.79 Å². The van der Waals surface area contributed by atoms with Crippen molar-refractivity contribution in [3.8, 4) is 5.88 Å². The number of carboxylic acids is 1. The van der Waals surface area contributed by atoms with Crippen molar-refractivity contribution in [2.24, 2.45) is 0 Å². The molecule has 0 spiro atoms. The molecular weight excluding hydrogens is 400 g/mol. The third-order valence-corrected chi connectivity index (χ3v) is 5.39. The Balaban J connectivity index is 1.35. The van der Waals surface area contributed by atoms with Crippen molar-refractivity contribution in [2.45, 2.75) is 26.4 Å². The summed E-state index contributed by atoms with van der Waals surface area (Å²) in [6.45, 7) is 4.77. The topological polar surface area (TPSA) is 130 Å². The first-order valence-corrected chi connectivity index (χ1v) is 10.0. The molecule has 0 radical (unpaired) electrons. The van der Waals surface area contributed by atoms with Gasteiger partial charge in [0.05, 0.1) is 36.0 Å². The smallest absolute Gasteiger partial charge is 0.325 e. The van der Waals surface area contributed by atoms with Crippen LogP contribution in [0.15, 0.2) is 24.8 Å². The lowest BCUT2D eigenvalue weighted by molar-refractivity contribution is -0.137. The molecule has 3 N–H and O–H groups in total. The maximum absolute atomic E-state index is 10.8. The van der Waals surface area contributed by atoms with Gasteiger partial charge in [-0.15, -0.1) is 0 Å². The fraction of sp³-hybridized carbons (Fsp3) is 0.350. The Morgan fingerprint density at radius 1 is 1.32 bits per heavy atom. The van der Waals surface area contributed by atoms with E-state index in [1.807, 2.05) is 12.4 Å². The lowest BCUT2D eigenvalue weighted by Crippen LogP contribution is -2.32. The third-order valence-electron chi connectivity index (χ3n) is 5.39. The average molecular weight is 422 g/mol. The van der Waals surface area contributed by atoms with E-state index in [1.165, 1.54) is 4.68 Å². The van der Waals surface area contributed by atoms with Gasteiger partial charge in [0.2, 0.25) is 11.8 Å². The molecule has 0 fully saturated rings. The molecule has 0 atom stereocenters. The summed E-state index contributed by atoms with van der Waals surface area (Å²) in [4.78, 5) is 26.7. The van der Waals surface area contributed by atoms with E-state index in [4.69, 9.17) is 14.8 Å². The first kappa shape index (κ1) is 19.1. The summed E-state index contributed by atoms with van der Waals surface area (Å²) in [6.07, 6.45) is 7.71. The van der Waals surface area contributed by atoms with Gasteiger partial charge in [-0.05, 0) is 18.9 Å². The van der Waals surface area contributed by atoms with E-state index in [1.54, 1.807) is 12.4 Å². The largest absolute Gasteiger partial charge is 0.480 e. The zero-order valence-electron chi connectivity index (χ0n) is 17.0. The van der Waals surface area contributed by atoms with Crippen molar-refractivity contribution in [1.29, 1.82) is 0 Å². The zero-order valence-corrected chi connectivity index (χ0v) is 17.0. The number of fused-ring (bicyclic) bond motifs is 2. The molecular formula is C20H22N8O3. The predicted octanol–water partition coefficient (Wildman–Crippen LogP) is 1.57. The first-order chi connectivity index (χ1) is 15.1. The highest BCUT2D eigenvalue weighted by Crippen LogP contribution is 2.36. The number of ether oxygens (including phenoxy) is 1. The third kappa shape index (κ3) is 3.81. The van der Waals surface area contributed by atoms with Gasteiger partial charge >= 0.3 is 5.97 Å². The number of anilines is 4. The maximum Gasteiger partial charge on any atom is 0.325 e. The number of pyridine rings is 1. The molecule has 2 aliphatic rings. The SMILES string of the molecule is Cc1c(N2CCc3cnc(Nc4cnn(CC(=O)O)c4)nc3C2)cnc2c1NCCO2. The number of hydrogen-bond donors (Lipinski definition) is 3. The van der Waals surface area contributed by atoms with Crippen molar-refractivity contribution < 1.29 is 14.6 Å². The van der Waals surface area contributed by atoms with Crippen molar-refractivity contribution in [3.05, 3.63) is 41.6 Å². The van der Waals surface area contributed by atoms with Crippen LogP contribution in [0.1, 0.15) is 16.8 Å². The summed E-state index contributed by atoms with van der Waals surface area (Å²) in [5.41, 5.74) is 5.83. The standard InChI is InChI=1S/C20H22N8O3/c1-12-16(8-22-19-18(12)21-3-5-31-19)27-4-2-13-6-23-20(26-15(13)10-27)25-14-7-24-28(9-14)11-17(29)30/h6-9,21H,2-5,10-11H2,1H3,(H,29,30)(H,23,25,26). The van der Waals surface area contributed by atoms with Crippen LogP contribution in [0.2, 0.25) is 0 Å². The van der Waals surface area contributed by atoms with Crippen LogP contribution < -0.4 is 20.3 Å². The summed E-state index contributed by atoms with van der Waals surface area (Å²) in [5, 5.41) is 19.4. The lowest BCUT2D eigenvalue weighted by Gasteiger charge is -2.32. The van der Waals surface area contributed by atoms with Crippen LogP contribution in [0, 0.1) is 6.92 Å². The van der Waals surface area contributed by atoms with Crippen LogP contribution in [-0.4, -0.2) is 55.5 Å². The Labute approximate surface area is 178 Å². The molecule has 0 unspecified atom stereocenters. The van der Waals surface area contributed by atoms with Gasteiger partial charge in [-0.3, -0.25) is 9.48 Å². The molecule has 0 saturated carbocycles. The fourth-order valence-corrected chi connectivity index (χ4v) is 3.88. The molecule has 3 aromatic rings. The van der Waals surface area contributed by atoms with E-state index in [0.717, 1.165) is 47.7 Å². The molecule has 0 bridgehead atoms. The van der Waals surface area contributed by atoms with Gasteiger partial charge in [0.1, 0.15) is 18.8 Å². The van der Waals surface area contributed by atoms with Crippen LogP contribution in [0.5, 0.6) is 5.88 Å². The minimum Gasteiger partial charge on any atom is -0.480 e. The highest BCUT2D eigenvalue weighted by molar-refractivity contribution is 5.70. The Hall–Kier alpha value is -3.89. The molecule has 0 aliphatic carbocycles. The molecule has 11 heteroatoms. The Bertz CT molecular complexity index is 1150. The van der Waals surface area contributed by atoms with Gasteiger partial charge in [-0.25, -0.2) is 15.0 Å². The summed E-state index contributed by atoms with van der Waals surface area (Å²) in [7, 11) is 0. The van der Waals surface area contributed by atoms with Crippen LogP contribution in [-0.2, 0) is 24.3 Å². The summed E-state index contributed by atoms with van der Waals surface area (Å²) < 4.78 is 6.98. The summed E-state index contributed by atoms with van der Waals surface area (Å²) in [5.74, 6) is 0.154. The van der Waals surface area contributed by atoms with E-state index in [0.29, 0.717) is 30.7 Å². The number of carboxylic acid groups (broad SMARTS) is 1. The maximum atomic E-state index is 10.8. The molecule has 160 valence electrons. The van der Waals surface area contributed by atoms with E-state index < -0.39 is 5.97 Å². The molecule has 11 nitrogen and oxygen atoms in total. The molecule has 2 aliphatic heterocycles. The molecule has 0 amide bonds. The van der Waals surface area contributed by atoms with Crippen LogP contribution in [0.4, 0.5) is 23.0 Å². The molecule has 31 heavy (non-hydrogen) atoms. The summed E-state index contributed by atoms with van der Waals surface area (Å²) >= 11 is 0. The van der Waals surface area contributed by atoms with Crippen LogP contribution >= 0.6 is 0 Å². The number of carbonyl (C=O) groups is 1. The van der Waals surface area contributed by atoms with Gasteiger partial charge in [-0.2, -0.15) is 5.10 Å². The van der Waals surface area contributed by atoms with E-state index >= 15 is 0 Å². The predicted molar refractivity (Wildman–Crippen MR) is 113 cm³/mol. The van der Waals surface area contributed by atoms with Crippen molar-refractivity contribution in [3.63, 3.8) is 0 Å². The lowest BCUT2D eigenvalue weighted by atomic mass is 10.0. The fourth-order valence-electron chi connectivity index (χ4n) is 3.88. The number of nitrogens with zero attached hydrogens (tertiary/aromatic N) is 6. The molecule has 5 rings (SSSR count). The number of aromatic nitrogens is 5. The van der Waals surface area contributed by atoms with Gasteiger partial charge in [-0.1, -0.05) is 0 Å². The van der Waals surface area contributed by atoms with Gasteiger partial charge < -0.3 is 25.4 Å². The number of hydrogen-bond acceptors (Lipinski definition) is 9. The van der Waals surface area contributed by atoms with Crippen molar-refractivity contribution in [1.82, 2.24) is 24.7 Å².